The van der Waals surface area contributed by atoms with Crippen LogP contribution < -0.4 is 18.9 Å². The van der Waals surface area contributed by atoms with Gasteiger partial charge in [-0.1, -0.05) is 42.5 Å². The molecule has 0 aliphatic heterocycles. The molecule has 0 aromatic heterocycles. The van der Waals surface area contributed by atoms with Crippen molar-refractivity contribution in [1.82, 2.24) is 0 Å². The lowest BCUT2D eigenvalue weighted by molar-refractivity contribution is 0.0322. The van der Waals surface area contributed by atoms with Gasteiger partial charge in [0.1, 0.15) is 0 Å². The molecule has 0 aliphatic carbocycles. The van der Waals surface area contributed by atoms with Gasteiger partial charge < -0.3 is 43.0 Å². The Morgan fingerprint density at radius 2 is 1.00 bits per heavy atom. The summed E-state index contributed by atoms with van der Waals surface area (Å²) in [6.07, 6.45) is 7.49. The van der Waals surface area contributed by atoms with E-state index < -0.39 is 5.97 Å². The number of ether oxygens (including phenoxy) is 8. The molecule has 0 atom stereocenters. The van der Waals surface area contributed by atoms with E-state index in [1.165, 1.54) is 28.4 Å². The second-order valence-electron chi connectivity index (χ2n) is 8.43. The SMILES string of the molecule is COCOc1ccc(C=Cc2ccc(C(=O)O)cc2C=Cc2ccc(OCOC)c(OCOC)c2)cc1OCOC. The highest BCUT2D eigenvalue weighted by molar-refractivity contribution is 5.90. The summed E-state index contributed by atoms with van der Waals surface area (Å²) in [5, 5.41) is 9.56. The van der Waals surface area contributed by atoms with E-state index in [1.807, 2.05) is 42.5 Å². The highest BCUT2D eigenvalue weighted by Crippen LogP contribution is 2.31. The van der Waals surface area contributed by atoms with Gasteiger partial charge >= 0.3 is 5.97 Å². The van der Waals surface area contributed by atoms with Crippen LogP contribution in [-0.4, -0.2) is 66.7 Å². The van der Waals surface area contributed by atoms with E-state index in [4.69, 9.17) is 37.9 Å². The molecule has 0 saturated carbocycles. The van der Waals surface area contributed by atoms with E-state index in [1.54, 1.807) is 36.4 Å². The summed E-state index contributed by atoms with van der Waals surface area (Å²) in [6.45, 7) is 0.246. The van der Waals surface area contributed by atoms with E-state index in [-0.39, 0.29) is 32.7 Å². The third kappa shape index (κ3) is 9.66. The maximum Gasteiger partial charge on any atom is 0.335 e. The number of methoxy groups -OCH3 is 4. The summed E-state index contributed by atoms with van der Waals surface area (Å²) in [5.74, 6) is 0.983. The number of carboxylic acids is 1. The number of carbonyl (C=O) groups is 1. The molecule has 0 heterocycles. The molecular weight excluding hydrogens is 532 g/mol. The van der Waals surface area contributed by atoms with E-state index in [2.05, 4.69) is 0 Å². The zero-order valence-corrected chi connectivity index (χ0v) is 23.5. The van der Waals surface area contributed by atoms with Gasteiger partial charge in [-0.3, -0.25) is 0 Å². The van der Waals surface area contributed by atoms with Crippen LogP contribution in [0.25, 0.3) is 24.3 Å². The molecule has 0 fully saturated rings. The van der Waals surface area contributed by atoms with Crippen LogP contribution in [0.2, 0.25) is 0 Å². The first-order valence-corrected chi connectivity index (χ1v) is 12.5. The summed E-state index contributed by atoms with van der Waals surface area (Å²) in [5.41, 5.74) is 3.33. The molecule has 0 unspecified atom stereocenters. The lowest BCUT2D eigenvalue weighted by atomic mass is 10.0. The Labute approximate surface area is 239 Å². The lowest BCUT2D eigenvalue weighted by Crippen LogP contribution is -2.04. The molecule has 41 heavy (non-hydrogen) atoms. The normalized spacial score (nSPS) is 11.2. The molecule has 3 aromatic carbocycles. The van der Waals surface area contributed by atoms with Crippen molar-refractivity contribution < 1.29 is 47.8 Å². The molecule has 10 nitrogen and oxygen atoms in total. The minimum absolute atomic E-state index is 0.0455. The fraction of sp³-hybridized carbons (Fsp3) is 0.258. The van der Waals surface area contributed by atoms with Crippen LogP contribution in [-0.2, 0) is 18.9 Å². The van der Waals surface area contributed by atoms with E-state index in [0.29, 0.717) is 28.6 Å². The molecule has 0 radical (unpaired) electrons. The molecule has 218 valence electrons. The summed E-state index contributed by atoms with van der Waals surface area (Å²) in [6, 6.07) is 15.8. The average Bonchev–Trinajstić information content (AvgIpc) is 2.99. The Bertz CT molecular complexity index is 1330. The molecule has 3 rings (SSSR count). The van der Waals surface area contributed by atoms with E-state index in [0.717, 1.165) is 16.7 Å². The summed E-state index contributed by atoms with van der Waals surface area (Å²) in [7, 11) is 6.13. The zero-order valence-electron chi connectivity index (χ0n) is 23.5. The molecule has 0 saturated heterocycles. The zero-order chi connectivity index (χ0) is 29.5. The smallest absolute Gasteiger partial charge is 0.335 e. The van der Waals surface area contributed by atoms with Gasteiger partial charge in [0.05, 0.1) is 5.56 Å². The highest BCUT2D eigenvalue weighted by atomic mass is 16.7. The van der Waals surface area contributed by atoms with Crippen molar-refractivity contribution in [3.63, 3.8) is 0 Å². The summed E-state index contributed by atoms with van der Waals surface area (Å²) >= 11 is 0. The Kier molecular flexibility index (Phi) is 12.7. The Morgan fingerprint density at radius 3 is 1.44 bits per heavy atom. The van der Waals surface area contributed by atoms with Gasteiger partial charge in [-0.05, 0) is 58.7 Å². The molecule has 0 amide bonds. The van der Waals surface area contributed by atoms with Crippen LogP contribution in [0.3, 0.4) is 0 Å². The van der Waals surface area contributed by atoms with Crippen LogP contribution in [0.4, 0.5) is 0 Å². The first-order valence-electron chi connectivity index (χ1n) is 12.5. The van der Waals surface area contributed by atoms with Crippen LogP contribution in [0, 0.1) is 0 Å². The number of carboxylic acid groups (broad SMARTS) is 1. The van der Waals surface area contributed by atoms with Gasteiger partial charge in [-0.2, -0.15) is 0 Å². The third-order valence-electron chi connectivity index (χ3n) is 5.51. The van der Waals surface area contributed by atoms with Gasteiger partial charge in [0.15, 0.2) is 50.2 Å². The lowest BCUT2D eigenvalue weighted by Gasteiger charge is -2.12. The van der Waals surface area contributed by atoms with Crippen LogP contribution in [0.1, 0.15) is 32.6 Å². The van der Waals surface area contributed by atoms with Gasteiger partial charge in [-0.25, -0.2) is 4.79 Å². The van der Waals surface area contributed by atoms with Gasteiger partial charge in [0.2, 0.25) is 0 Å². The number of hydrogen-bond acceptors (Lipinski definition) is 9. The molecular formula is C31H34O10. The van der Waals surface area contributed by atoms with Crippen LogP contribution >= 0.6 is 0 Å². The van der Waals surface area contributed by atoms with Crippen molar-refractivity contribution in [3.05, 3.63) is 82.4 Å². The Morgan fingerprint density at radius 1 is 0.561 bits per heavy atom. The molecule has 10 heteroatoms. The molecule has 0 spiro atoms. The maximum absolute atomic E-state index is 11.7. The summed E-state index contributed by atoms with van der Waals surface area (Å²) < 4.78 is 42.4. The second-order valence-corrected chi connectivity index (χ2v) is 8.43. The maximum atomic E-state index is 11.7. The van der Waals surface area contributed by atoms with Crippen LogP contribution in [0.5, 0.6) is 23.0 Å². The predicted molar refractivity (Wildman–Crippen MR) is 154 cm³/mol. The number of aromatic carboxylic acids is 1. The van der Waals surface area contributed by atoms with Crippen molar-refractivity contribution in [2.24, 2.45) is 0 Å². The fourth-order valence-corrected chi connectivity index (χ4v) is 3.59. The second kappa shape index (κ2) is 16.7. The monoisotopic (exact) mass is 566 g/mol. The van der Waals surface area contributed by atoms with Crippen LogP contribution in [0.15, 0.2) is 54.6 Å². The first-order chi connectivity index (χ1) is 20.0. The largest absolute Gasteiger partial charge is 0.478 e. The van der Waals surface area contributed by atoms with Gasteiger partial charge in [-0.15, -0.1) is 0 Å². The number of rotatable bonds is 17. The van der Waals surface area contributed by atoms with Crippen molar-refractivity contribution >= 4 is 30.3 Å². The Hall–Kier alpha value is -4.35. The first kappa shape index (κ1) is 31.2. The highest BCUT2D eigenvalue weighted by Gasteiger charge is 2.09. The molecule has 3 aromatic rings. The topological polar surface area (TPSA) is 111 Å². The molecule has 0 aliphatic rings. The van der Waals surface area contributed by atoms with E-state index in [9.17, 15) is 9.90 Å². The predicted octanol–water partition coefficient (Wildman–Crippen LogP) is 5.66. The average molecular weight is 567 g/mol. The van der Waals surface area contributed by atoms with Gasteiger partial charge in [0.25, 0.3) is 0 Å². The van der Waals surface area contributed by atoms with E-state index >= 15 is 0 Å². The minimum atomic E-state index is -1.02. The van der Waals surface area contributed by atoms with Crippen molar-refractivity contribution in [1.29, 1.82) is 0 Å². The standard InChI is InChI=1S/C31H34O10/c1-34-18-38-27-13-7-22(15-29(27)40-20-36-3)5-9-24-11-12-26(31(32)33)17-25(24)10-6-23-8-14-28(39-19-35-2)30(16-23)41-21-37-4/h5-17H,18-21H2,1-4H3,(H,32,33). The van der Waals surface area contributed by atoms with Crippen molar-refractivity contribution in [2.75, 3.05) is 55.6 Å². The van der Waals surface area contributed by atoms with Crippen molar-refractivity contribution in [3.8, 4) is 23.0 Å². The fourth-order valence-electron chi connectivity index (χ4n) is 3.59. The van der Waals surface area contributed by atoms with Gasteiger partial charge in [0, 0.05) is 28.4 Å². The molecule has 0 bridgehead atoms. The molecule has 1 N–H and O–H groups in total. The number of hydrogen-bond donors (Lipinski definition) is 1. The third-order valence-corrected chi connectivity index (χ3v) is 5.51. The Balaban J connectivity index is 1.92. The van der Waals surface area contributed by atoms with Crippen molar-refractivity contribution in [2.45, 2.75) is 0 Å². The quantitative estimate of drug-likeness (QED) is 0.162. The summed E-state index contributed by atoms with van der Waals surface area (Å²) in [4.78, 5) is 11.7. The minimum Gasteiger partial charge on any atom is -0.478 e. The number of benzene rings is 3.